The molecule has 1 aromatic rings. The minimum atomic E-state index is -0.280. The monoisotopic (exact) mass is 343 g/mol. The second kappa shape index (κ2) is 7.07. The van der Waals surface area contributed by atoms with E-state index in [2.05, 4.69) is 21.2 Å². The van der Waals surface area contributed by atoms with Gasteiger partial charge in [-0.1, -0.05) is 12.5 Å². The van der Waals surface area contributed by atoms with Gasteiger partial charge in [-0.05, 0) is 54.2 Å². The van der Waals surface area contributed by atoms with Gasteiger partial charge in [0.05, 0.1) is 18.2 Å². The molecule has 1 saturated carbocycles. The molecule has 2 rings (SSSR count). The Morgan fingerprint density at radius 1 is 1.50 bits per heavy atom. The van der Waals surface area contributed by atoms with Crippen LogP contribution in [0.15, 0.2) is 22.7 Å². The van der Waals surface area contributed by atoms with Gasteiger partial charge in [0.25, 0.3) is 0 Å². The first-order valence-corrected chi connectivity index (χ1v) is 7.78. The van der Waals surface area contributed by atoms with Gasteiger partial charge in [-0.15, -0.1) is 0 Å². The third kappa shape index (κ3) is 3.72. The lowest BCUT2D eigenvalue weighted by Gasteiger charge is -2.29. The van der Waals surface area contributed by atoms with Crippen molar-refractivity contribution in [1.29, 1.82) is 0 Å². The van der Waals surface area contributed by atoms with E-state index >= 15 is 0 Å². The molecule has 5 heteroatoms. The first kappa shape index (κ1) is 15.3. The van der Waals surface area contributed by atoms with Crippen molar-refractivity contribution in [3.63, 3.8) is 0 Å². The first-order chi connectivity index (χ1) is 9.61. The number of anilines is 1. The van der Waals surface area contributed by atoms with Gasteiger partial charge < -0.3 is 10.1 Å². The molecule has 2 atom stereocenters. The molecular formula is C15H19BrFNO2. The van der Waals surface area contributed by atoms with Crippen LogP contribution in [0.3, 0.4) is 0 Å². The minimum Gasteiger partial charge on any atom is -0.466 e. The van der Waals surface area contributed by atoms with Gasteiger partial charge in [-0.25, -0.2) is 4.39 Å². The highest BCUT2D eigenvalue weighted by atomic mass is 79.9. The van der Waals surface area contributed by atoms with Crippen LogP contribution in [0.5, 0.6) is 0 Å². The highest BCUT2D eigenvalue weighted by Gasteiger charge is 2.28. The van der Waals surface area contributed by atoms with E-state index in [0.717, 1.165) is 19.3 Å². The number of hydrogen-bond acceptors (Lipinski definition) is 3. The topological polar surface area (TPSA) is 38.3 Å². The molecule has 110 valence electrons. The minimum absolute atomic E-state index is 0.0771. The maximum absolute atomic E-state index is 13.8. The zero-order valence-corrected chi connectivity index (χ0v) is 13.1. The van der Waals surface area contributed by atoms with E-state index in [4.69, 9.17) is 4.74 Å². The molecule has 0 aromatic heterocycles. The van der Waals surface area contributed by atoms with E-state index in [1.54, 1.807) is 12.1 Å². The smallest absolute Gasteiger partial charge is 0.308 e. The number of carbonyl (C=O) groups excluding carboxylic acids is 1. The van der Waals surface area contributed by atoms with E-state index in [1.807, 2.05) is 6.92 Å². The molecule has 3 nitrogen and oxygen atoms in total. The molecule has 2 unspecified atom stereocenters. The number of ether oxygens (including phenoxy) is 1. The zero-order chi connectivity index (χ0) is 14.5. The number of para-hydroxylation sites is 1. The first-order valence-electron chi connectivity index (χ1n) is 6.99. The Morgan fingerprint density at radius 3 is 3.00 bits per heavy atom. The predicted octanol–water partition coefficient (Wildman–Crippen LogP) is 4.12. The Labute approximate surface area is 127 Å². The number of rotatable bonds is 4. The second-order valence-corrected chi connectivity index (χ2v) is 5.91. The molecule has 0 saturated heterocycles. The summed E-state index contributed by atoms with van der Waals surface area (Å²) in [5, 5.41) is 3.21. The normalized spacial score (nSPS) is 22.4. The van der Waals surface area contributed by atoms with E-state index in [-0.39, 0.29) is 23.7 Å². The maximum Gasteiger partial charge on any atom is 0.308 e. The van der Waals surface area contributed by atoms with E-state index in [1.165, 1.54) is 6.07 Å². The summed E-state index contributed by atoms with van der Waals surface area (Å²) >= 11 is 3.35. The summed E-state index contributed by atoms with van der Waals surface area (Å²) < 4.78 is 19.6. The lowest BCUT2D eigenvalue weighted by molar-refractivity contribution is -0.149. The molecule has 1 aromatic carbocycles. The number of benzene rings is 1. The number of nitrogens with one attached hydrogen (secondary N) is 1. The van der Waals surface area contributed by atoms with Crippen molar-refractivity contribution in [1.82, 2.24) is 0 Å². The molecule has 1 aliphatic rings. The Hall–Kier alpha value is -1.10. The molecule has 20 heavy (non-hydrogen) atoms. The van der Waals surface area contributed by atoms with Gasteiger partial charge in [-0.2, -0.15) is 0 Å². The van der Waals surface area contributed by atoms with Gasteiger partial charge in [0.2, 0.25) is 0 Å². The summed E-state index contributed by atoms with van der Waals surface area (Å²) in [5.41, 5.74) is 0.474. The number of halogens is 2. The van der Waals surface area contributed by atoms with Crippen molar-refractivity contribution in [3.8, 4) is 0 Å². The van der Waals surface area contributed by atoms with Crippen LogP contribution in [0.2, 0.25) is 0 Å². The molecule has 0 amide bonds. The number of carbonyl (C=O) groups is 1. The lowest BCUT2D eigenvalue weighted by atomic mass is 9.85. The Bertz CT molecular complexity index is 461. The fourth-order valence-corrected chi connectivity index (χ4v) is 3.09. The maximum atomic E-state index is 13.8. The summed E-state index contributed by atoms with van der Waals surface area (Å²) in [4.78, 5) is 11.8. The highest BCUT2D eigenvalue weighted by Crippen LogP contribution is 2.31. The van der Waals surface area contributed by atoms with E-state index in [9.17, 15) is 9.18 Å². The standard InChI is InChI=1S/C15H19BrFNO2/c1-2-20-15(19)10-5-3-6-11(9-10)18-14-12(16)7-4-8-13(14)17/h4,7-8,10-11,18H,2-3,5-6,9H2,1H3. The number of esters is 1. The number of hydrogen-bond donors (Lipinski definition) is 1. The fourth-order valence-electron chi connectivity index (χ4n) is 2.63. The summed E-state index contributed by atoms with van der Waals surface area (Å²) in [6.07, 6.45) is 3.44. The average Bonchev–Trinajstić information content (AvgIpc) is 2.44. The van der Waals surface area contributed by atoms with Crippen molar-refractivity contribution in [3.05, 3.63) is 28.5 Å². The van der Waals surface area contributed by atoms with Crippen LogP contribution in [0, 0.1) is 11.7 Å². The van der Waals surface area contributed by atoms with Crippen LogP contribution < -0.4 is 5.32 Å². The molecule has 1 fully saturated rings. The SMILES string of the molecule is CCOC(=O)C1CCCC(Nc2c(F)cccc2Br)C1. The van der Waals surface area contributed by atoms with Crippen LogP contribution in [-0.4, -0.2) is 18.6 Å². The second-order valence-electron chi connectivity index (χ2n) is 5.05. The van der Waals surface area contributed by atoms with Crippen molar-refractivity contribution >= 4 is 27.6 Å². The highest BCUT2D eigenvalue weighted by molar-refractivity contribution is 9.10. The molecule has 0 spiro atoms. The largest absolute Gasteiger partial charge is 0.466 e. The van der Waals surface area contributed by atoms with E-state index < -0.39 is 0 Å². The van der Waals surface area contributed by atoms with Crippen LogP contribution in [0.4, 0.5) is 10.1 Å². The zero-order valence-electron chi connectivity index (χ0n) is 11.5. The van der Waals surface area contributed by atoms with Crippen molar-refractivity contribution in [2.45, 2.75) is 38.6 Å². The van der Waals surface area contributed by atoms with Crippen LogP contribution in [-0.2, 0) is 9.53 Å². The molecule has 1 aliphatic carbocycles. The van der Waals surface area contributed by atoms with Crippen molar-refractivity contribution in [2.75, 3.05) is 11.9 Å². The van der Waals surface area contributed by atoms with Crippen LogP contribution in [0.1, 0.15) is 32.6 Å². The van der Waals surface area contributed by atoms with Gasteiger partial charge in [0.15, 0.2) is 0 Å². The average molecular weight is 344 g/mol. The molecular weight excluding hydrogens is 325 g/mol. The van der Waals surface area contributed by atoms with Gasteiger partial charge in [0, 0.05) is 10.5 Å². The third-order valence-corrected chi connectivity index (χ3v) is 4.27. The van der Waals surface area contributed by atoms with Gasteiger partial charge in [-0.3, -0.25) is 4.79 Å². The molecule has 1 N–H and O–H groups in total. The molecule has 0 heterocycles. The Balaban J connectivity index is 2.01. The van der Waals surface area contributed by atoms with E-state index in [0.29, 0.717) is 23.2 Å². The van der Waals surface area contributed by atoms with Crippen molar-refractivity contribution < 1.29 is 13.9 Å². The predicted molar refractivity (Wildman–Crippen MR) is 80.1 cm³/mol. The lowest BCUT2D eigenvalue weighted by Crippen LogP contribution is -2.32. The van der Waals surface area contributed by atoms with Crippen LogP contribution in [0.25, 0.3) is 0 Å². The Morgan fingerprint density at radius 2 is 2.30 bits per heavy atom. The molecule has 0 radical (unpaired) electrons. The summed E-state index contributed by atoms with van der Waals surface area (Å²) in [6, 6.07) is 4.99. The Kier molecular flexibility index (Phi) is 5.40. The van der Waals surface area contributed by atoms with Crippen molar-refractivity contribution in [2.24, 2.45) is 5.92 Å². The van der Waals surface area contributed by atoms with Crippen LogP contribution >= 0.6 is 15.9 Å². The summed E-state index contributed by atoms with van der Waals surface area (Å²) in [7, 11) is 0. The van der Waals surface area contributed by atoms with Gasteiger partial charge in [0.1, 0.15) is 5.82 Å². The molecule has 0 bridgehead atoms. The quantitative estimate of drug-likeness (QED) is 0.835. The molecule has 0 aliphatic heterocycles. The summed E-state index contributed by atoms with van der Waals surface area (Å²) in [5.74, 6) is -0.490. The fraction of sp³-hybridized carbons (Fsp3) is 0.533. The third-order valence-electron chi connectivity index (χ3n) is 3.61. The summed E-state index contributed by atoms with van der Waals surface area (Å²) in [6.45, 7) is 2.22. The van der Waals surface area contributed by atoms with Gasteiger partial charge >= 0.3 is 5.97 Å².